The van der Waals surface area contributed by atoms with Gasteiger partial charge in [0.15, 0.2) is 5.16 Å². The molecular formula is C17H20N6O2S. The normalized spacial score (nSPS) is 14.3. The summed E-state index contributed by atoms with van der Waals surface area (Å²) in [5.41, 5.74) is 1.81. The second-order valence-electron chi connectivity index (χ2n) is 6.15. The first-order valence-electron chi connectivity index (χ1n) is 8.55. The van der Waals surface area contributed by atoms with Gasteiger partial charge in [0, 0.05) is 12.6 Å². The number of carbonyl (C=O) groups excluding carboxylic acids is 1. The number of nitrogens with zero attached hydrogens (tertiary/aromatic N) is 4. The number of thioether (sulfide) groups is 1. The van der Waals surface area contributed by atoms with Crippen molar-refractivity contribution in [3.63, 3.8) is 0 Å². The Morgan fingerprint density at radius 3 is 3.00 bits per heavy atom. The van der Waals surface area contributed by atoms with Gasteiger partial charge < -0.3 is 10.3 Å². The highest BCUT2D eigenvalue weighted by Crippen LogP contribution is 2.25. The van der Waals surface area contributed by atoms with E-state index in [0.717, 1.165) is 36.9 Å². The number of aromatic nitrogens is 4. The molecule has 1 aliphatic rings. The topological polar surface area (TPSA) is 116 Å². The largest absolute Gasteiger partial charge is 0.309 e. The maximum absolute atomic E-state index is 12.6. The van der Waals surface area contributed by atoms with Crippen LogP contribution in [0.5, 0.6) is 0 Å². The number of anilines is 1. The molecule has 2 aromatic rings. The molecule has 26 heavy (non-hydrogen) atoms. The van der Waals surface area contributed by atoms with Crippen LogP contribution in [0.25, 0.3) is 0 Å². The van der Waals surface area contributed by atoms with Crippen molar-refractivity contribution >= 4 is 23.5 Å². The number of carbonyl (C=O) groups is 1. The van der Waals surface area contributed by atoms with Crippen molar-refractivity contribution in [1.29, 1.82) is 5.26 Å². The number of nitrogens with one attached hydrogen (secondary N) is 2. The van der Waals surface area contributed by atoms with Crippen LogP contribution in [0.4, 0.5) is 5.82 Å². The Morgan fingerprint density at radius 2 is 2.27 bits per heavy atom. The minimum atomic E-state index is -0.443. The van der Waals surface area contributed by atoms with Gasteiger partial charge >= 0.3 is 0 Å². The molecular weight excluding hydrogens is 352 g/mol. The van der Waals surface area contributed by atoms with Crippen molar-refractivity contribution in [2.45, 2.75) is 49.4 Å². The van der Waals surface area contributed by atoms with E-state index in [1.54, 1.807) is 7.05 Å². The summed E-state index contributed by atoms with van der Waals surface area (Å²) < 4.78 is 1.45. The monoisotopic (exact) mass is 372 g/mol. The molecule has 1 aliphatic carbocycles. The molecule has 1 amide bonds. The fraction of sp³-hybridized carbons (Fsp3) is 0.471. The van der Waals surface area contributed by atoms with E-state index in [2.05, 4.69) is 20.4 Å². The smallest absolute Gasteiger partial charge is 0.254 e. The van der Waals surface area contributed by atoms with E-state index in [1.807, 2.05) is 13.0 Å². The van der Waals surface area contributed by atoms with E-state index in [1.165, 1.54) is 22.6 Å². The van der Waals surface area contributed by atoms with E-state index in [9.17, 15) is 9.59 Å². The summed E-state index contributed by atoms with van der Waals surface area (Å²) in [4.78, 5) is 32.2. The van der Waals surface area contributed by atoms with Gasteiger partial charge in [-0.2, -0.15) is 10.4 Å². The number of hydrogen-bond donors (Lipinski definition) is 2. The van der Waals surface area contributed by atoms with Gasteiger partial charge in [-0.1, -0.05) is 18.7 Å². The summed E-state index contributed by atoms with van der Waals surface area (Å²) in [6, 6.07) is 2.01. The minimum absolute atomic E-state index is 0.106. The quantitative estimate of drug-likeness (QED) is 0.610. The van der Waals surface area contributed by atoms with Gasteiger partial charge in [-0.25, -0.2) is 4.98 Å². The van der Waals surface area contributed by atoms with E-state index in [4.69, 9.17) is 5.26 Å². The molecule has 0 saturated heterocycles. The molecule has 136 valence electrons. The molecule has 0 bridgehead atoms. The van der Waals surface area contributed by atoms with Gasteiger partial charge in [0.05, 0.1) is 17.1 Å². The molecule has 1 unspecified atom stereocenters. The lowest BCUT2D eigenvalue weighted by Crippen LogP contribution is -2.27. The van der Waals surface area contributed by atoms with Crippen LogP contribution >= 0.6 is 11.8 Å². The maximum Gasteiger partial charge on any atom is 0.254 e. The fourth-order valence-corrected chi connectivity index (χ4v) is 3.87. The molecule has 0 aliphatic heterocycles. The van der Waals surface area contributed by atoms with Crippen molar-refractivity contribution in [2.24, 2.45) is 7.05 Å². The third kappa shape index (κ3) is 3.65. The number of rotatable bonds is 5. The number of aryl methyl sites for hydroxylation is 2. The minimum Gasteiger partial charge on any atom is -0.309 e. The van der Waals surface area contributed by atoms with E-state index >= 15 is 0 Å². The number of hydrogen-bond acceptors (Lipinski definition) is 6. The summed E-state index contributed by atoms with van der Waals surface area (Å²) >= 11 is 1.23. The van der Waals surface area contributed by atoms with Gasteiger partial charge in [-0.05, 0) is 32.1 Å². The second-order valence-corrected chi connectivity index (χ2v) is 7.34. The van der Waals surface area contributed by atoms with E-state index in [0.29, 0.717) is 23.0 Å². The standard InChI is InChI=1S/C17H20N6O2S/c1-3-13(16(25)21-14-10(8-18)9-19-23(14)2)26-17-20-12-7-5-4-6-11(12)15(24)22-17/h9,13H,3-7H2,1-2H3,(H,21,25)(H,20,22,24). The number of H-pyrrole nitrogens is 1. The summed E-state index contributed by atoms with van der Waals surface area (Å²) in [7, 11) is 1.66. The van der Waals surface area contributed by atoms with Crippen LogP contribution in [-0.4, -0.2) is 30.9 Å². The predicted molar refractivity (Wildman–Crippen MR) is 98.0 cm³/mol. The lowest BCUT2D eigenvalue weighted by atomic mass is 9.97. The molecule has 2 N–H and O–H groups in total. The Balaban J connectivity index is 1.78. The van der Waals surface area contributed by atoms with Crippen LogP contribution in [0.15, 0.2) is 16.1 Å². The zero-order valence-electron chi connectivity index (χ0n) is 14.7. The van der Waals surface area contributed by atoms with Crippen LogP contribution in [0, 0.1) is 11.3 Å². The first-order chi connectivity index (χ1) is 12.5. The highest BCUT2D eigenvalue weighted by Gasteiger charge is 2.23. The summed E-state index contributed by atoms with van der Waals surface area (Å²) in [5, 5.41) is 15.9. The molecule has 2 aromatic heterocycles. The summed E-state index contributed by atoms with van der Waals surface area (Å²) in [5.74, 6) is 0.112. The van der Waals surface area contributed by atoms with Crippen LogP contribution in [0.3, 0.4) is 0 Å². The number of nitriles is 1. The van der Waals surface area contributed by atoms with Gasteiger partial charge in [-0.3, -0.25) is 14.3 Å². The zero-order chi connectivity index (χ0) is 18.7. The highest BCUT2D eigenvalue weighted by molar-refractivity contribution is 8.00. The van der Waals surface area contributed by atoms with Gasteiger partial charge in [-0.15, -0.1) is 0 Å². The van der Waals surface area contributed by atoms with Gasteiger partial charge in [0.1, 0.15) is 17.5 Å². The Morgan fingerprint density at radius 1 is 1.50 bits per heavy atom. The average molecular weight is 372 g/mol. The zero-order valence-corrected chi connectivity index (χ0v) is 15.5. The lowest BCUT2D eigenvalue weighted by molar-refractivity contribution is -0.115. The van der Waals surface area contributed by atoms with Crippen molar-refractivity contribution < 1.29 is 4.79 Å². The molecule has 2 heterocycles. The highest BCUT2D eigenvalue weighted by atomic mass is 32.2. The summed E-state index contributed by atoms with van der Waals surface area (Å²) in [6.07, 6.45) is 5.57. The van der Waals surface area contributed by atoms with Crippen LogP contribution in [0.1, 0.15) is 43.0 Å². The molecule has 1 atom stereocenters. The van der Waals surface area contributed by atoms with Crippen molar-refractivity contribution in [3.8, 4) is 6.07 Å². The Hall–Kier alpha value is -2.60. The molecule has 0 spiro atoms. The van der Waals surface area contributed by atoms with Gasteiger partial charge in [0.25, 0.3) is 5.56 Å². The molecule has 8 nitrogen and oxygen atoms in total. The number of fused-ring (bicyclic) bond motifs is 1. The van der Waals surface area contributed by atoms with E-state index in [-0.39, 0.29) is 11.5 Å². The SMILES string of the molecule is CCC(Sc1nc2c(c(=O)[nH]1)CCCC2)C(=O)Nc1c(C#N)cnn1C. The summed E-state index contributed by atoms with van der Waals surface area (Å²) in [6.45, 7) is 1.89. The van der Waals surface area contributed by atoms with Crippen molar-refractivity contribution in [2.75, 3.05) is 5.32 Å². The van der Waals surface area contributed by atoms with Crippen molar-refractivity contribution in [1.82, 2.24) is 19.7 Å². The lowest BCUT2D eigenvalue weighted by Gasteiger charge is -2.17. The van der Waals surface area contributed by atoms with Crippen LogP contribution < -0.4 is 10.9 Å². The Bertz CT molecular complexity index is 926. The van der Waals surface area contributed by atoms with E-state index < -0.39 is 5.25 Å². The third-order valence-electron chi connectivity index (χ3n) is 4.39. The van der Waals surface area contributed by atoms with Crippen LogP contribution in [0.2, 0.25) is 0 Å². The average Bonchev–Trinajstić information content (AvgIpc) is 2.99. The molecule has 0 saturated carbocycles. The van der Waals surface area contributed by atoms with Crippen molar-refractivity contribution in [3.05, 3.63) is 33.4 Å². The third-order valence-corrected chi connectivity index (χ3v) is 5.64. The number of aromatic amines is 1. The van der Waals surface area contributed by atoms with Crippen LogP contribution in [-0.2, 0) is 24.7 Å². The molecule has 3 rings (SSSR count). The van der Waals surface area contributed by atoms with Gasteiger partial charge in [0.2, 0.25) is 5.91 Å². The Labute approximate surface area is 155 Å². The molecule has 0 radical (unpaired) electrons. The fourth-order valence-electron chi connectivity index (χ4n) is 2.96. The molecule has 0 fully saturated rings. The molecule has 0 aromatic carbocycles. The first kappa shape index (κ1) is 18.2. The number of amides is 1. The maximum atomic E-state index is 12.6. The Kier molecular flexibility index (Phi) is 5.42. The molecule has 9 heteroatoms. The second kappa shape index (κ2) is 7.74. The predicted octanol–water partition coefficient (Wildman–Crippen LogP) is 1.76. The first-order valence-corrected chi connectivity index (χ1v) is 9.43.